The first-order valence-electron chi connectivity index (χ1n) is 10.2. The summed E-state index contributed by atoms with van der Waals surface area (Å²) in [6.45, 7) is 1.80. The average molecular weight is 554 g/mol. The zero-order valence-electron chi connectivity index (χ0n) is 19.0. The quantitative estimate of drug-likeness (QED) is 0.286. The van der Waals surface area contributed by atoms with Crippen LogP contribution in [0.3, 0.4) is 0 Å². The number of carbonyl (C=O) groups is 2. The second-order valence-corrected chi connectivity index (χ2v) is 8.52. The molecule has 0 saturated carbocycles. The molecule has 3 N–H and O–H groups in total. The van der Waals surface area contributed by atoms with Crippen LogP contribution in [0.2, 0.25) is 15.2 Å². The highest BCUT2D eigenvalue weighted by Crippen LogP contribution is 2.32. The normalized spacial score (nSPS) is 11.9. The van der Waals surface area contributed by atoms with Crippen LogP contribution >= 0.6 is 34.8 Å². The van der Waals surface area contributed by atoms with Crippen molar-refractivity contribution in [2.24, 2.45) is 0 Å². The Morgan fingerprint density at radius 2 is 1.78 bits per heavy atom. The number of rotatable bonds is 7. The maximum Gasteiger partial charge on any atom is 0.323 e. The number of anilines is 2. The molecule has 0 saturated heterocycles. The molecule has 3 amide bonds. The van der Waals surface area contributed by atoms with Gasteiger partial charge in [-0.05, 0) is 25.1 Å². The van der Waals surface area contributed by atoms with Gasteiger partial charge in [0.25, 0.3) is 5.91 Å². The number of hydrogen-bond acceptors (Lipinski definition) is 7. The van der Waals surface area contributed by atoms with Crippen LogP contribution in [0.15, 0.2) is 36.7 Å². The van der Waals surface area contributed by atoms with Crippen LogP contribution in [0.4, 0.5) is 16.2 Å². The minimum Gasteiger partial charge on any atom is -0.375 e. The van der Waals surface area contributed by atoms with Gasteiger partial charge in [0.1, 0.15) is 5.69 Å². The van der Waals surface area contributed by atoms with Gasteiger partial charge in [-0.3, -0.25) is 9.63 Å². The van der Waals surface area contributed by atoms with Crippen LogP contribution in [0, 0.1) is 0 Å². The predicted molar refractivity (Wildman–Crippen MR) is 134 cm³/mol. The van der Waals surface area contributed by atoms with E-state index in [-0.39, 0.29) is 20.9 Å². The Morgan fingerprint density at radius 3 is 2.44 bits per heavy atom. The topological polar surface area (TPSA) is 137 Å². The molecule has 0 spiro atoms. The summed E-state index contributed by atoms with van der Waals surface area (Å²) in [5, 5.41) is 14.4. The number of ether oxygens (including phenoxy) is 1. The number of hydrogen-bond donors (Lipinski definition) is 3. The van der Waals surface area contributed by atoms with Crippen molar-refractivity contribution in [3.63, 3.8) is 0 Å². The summed E-state index contributed by atoms with van der Waals surface area (Å²) in [5.74, 6) is -0.536. The van der Waals surface area contributed by atoms with Crippen LogP contribution in [-0.4, -0.2) is 50.5 Å². The third-order valence-corrected chi connectivity index (χ3v) is 5.76. The van der Waals surface area contributed by atoms with Crippen LogP contribution in [-0.2, 0) is 9.57 Å². The van der Waals surface area contributed by atoms with Gasteiger partial charge in [-0.1, -0.05) is 34.8 Å². The molecule has 0 fully saturated rings. The molecule has 4 aromatic rings. The molecule has 0 aliphatic carbocycles. The first-order chi connectivity index (χ1) is 17.2. The molecule has 0 unspecified atom stereocenters. The van der Waals surface area contributed by atoms with E-state index < -0.39 is 18.0 Å². The van der Waals surface area contributed by atoms with Crippen molar-refractivity contribution in [1.82, 2.24) is 29.9 Å². The van der Waals surface area contributed by atoms with Crippen molar-refractivity contribution in [1.29, 1.82) is 0 Å². The molecule has 0 aliphatic heterocycles. The summed E-state index contributed by atoms with van der Waals surface area (Å²) in [5.41, 5.74) is 4.31. The molecular weight excluding hydrogens is 535 g/mol. The first-order valence-corrected chi connectivity index (χ1v) is 11.4. The molecule has 36 heavy (non-hydrogen) atoms. The number of urea groups is 1. The lowest BCUT2D eigenvalue weighted by atomic mass is 10.2. The maximum atomic E-state index is 12.8. The largest absolute Gasteiger partial charge is 0.375 e. The van der Waals surface area contributed by atoms with Gasteiger partial charge in [0.2, 0.25) is 0 Å². The Hall–Kier alpha value is -3.42. The highest BCUT2D eigenvalue weighted by Gasteiger charge is 2.20. The number of halogens is 3. The number of methoxy groups -OCH3 is 1. The molecule has 1 atom stereocenters. The molecule has 0 aliphatic rings. The number of amides is 3. The van der Waals surface area contributed by atoms with Gasteiger partial charge in [0, 0.05) is 25.1 Å². The van der Waals surface area contributed by atoms with Gasteiger partial charge >= 0.3 is 6.03 Å². The zero-order chi connectivity index (χ0) is 26.0. The van der Waals surface area contributed by atoms with E-state index in [1.54, 1.807) is 13.0 Å². The average Bonchev–Trinajstić information content (AvgIpc) is 3.44. The van der Waals surface area contributed by atoms with E-state index in [0.717, 1.165) is 0 Å². The van der Waals surface area contributed by atoms with E-state index in [1.807, 2.05) is 0 Å². The van der Waals surface area contributed by atoms with E-state index in [2.05, 4.69) is 36.1 Å². The number of aromatic nitrogens is 5. The van der Waals surface area contributed by atoms with Crippen molar-refractivity contribution in [3.8, 4) is 5.69 Å². The summed E-state index contributed by atoms with van der Waals surface area (Å²) in [6.07, 6.45) is 2.56. The zero-order valence-corrected chi connectivity index (χ0v) is 21.3. The van der Waals surface area contributed by atoms with E-state index in [0.29, 0.717) is 28.4 Å². The molecule has 12 nitrogen and oxygen atoms in total. The Kier molecular flexibility index (Phi) is 7.62. The second-order valence-electron chi connectivity index (χ2n) is 7.32. The van der Waals surface area contributed by atoms with E-state index in [9.17, 15) is 9.59 Å². The Morgan fingerprint density at radius 1 is 1.06 bits per heavy atom. The van der Waals surface area contributed by atoms with Crippen molar-refractivity contribution in [2.45, 2.75) is 13.0 Å². The lowest BCUT2D eigenvalue weighted by Crippen LogP contribution is -2.22. The smallest absolute Gasteiger partial charge is 0.323 e. The van der Waals surface area contributed by atoms with Gasteiger partial charge < -0.3 is 15.4 Å². The number of nitrogens with one attached hydrogen (secondary N) is 3. The molecule has 1 aromatic carbocycles. The third-order valence-electron chi connectivity index (χ3n) is 5.00. The van der Waals surface area contributed by atoms with E-state index in [1.165, 1.54) is 54.0 Å². The minimum atomic E-state index is -0.587. The molecule has 15 heteroatoms. The Balaban J connectivity index is 1.56. The van der Waals surface area contributed by atoms with Crippen LogP contribution in [0.25, 0.3) is 11.3 Å². The number of benzene rings is 1. The fraction of sp³-hybridized carbons (Fsp3) is 0.190. The van der Waals surface area contributed by atoms with Gasteiger partial charge in [-0.15, -0.1) is 0 Å². The summed E-state index contributed by atoms with van der Waals surface area (Å²) < 4.78 is 8.27. The standard InChI is InChI=1S/C21H19Cl3N8O4/c1-10(35-2)18-15(9-25-17-8-16(24)29-32(17)18)27-21(34)26-11-6-12(22)19(13(23)7-11)31-5-4-14(28-31)20(33)30-36-3/h4-10H,1-3H3,(H,30,33)(H2,26,27,34)/t10-/m0/s1. The van der Waals surface area contributed by atoms with Gasteiger partial charge in [-0.2, -0.15) is 10.2 Å². The Labute approximate surface area is 219 Å². The lowest BCUT2D eigenvalue weighted by molar-refractivity contribution is 0.0532. The van der Waals surface area contributed by atoms with Gasteiger partial charge in [-0.25, -0.2) is 24.5 Å². The van der Waals surface area contributed by atoms with Crippen molar-refractivity contribution < 1.29 is 19.2 Å². The lowest BCUT2D eigenvalue weighted by Gasteiger charge is -2.17. The molecule has 3 heterocycles. The van der Waals surface area contributed by atoms with Crippen molar-refractivity contribution in [2.75, 3.05) is 24.9 Å². The number of hydroxylamine groups is 1. The van der Waals surface area contributed by atoms with Crippen LogP contribution < -0.4 is 16.1 Å². The molecule has 188 valence electrons. The van der Waals surface area contributed by atoms with E-state index in [4.69, 9.17) is 39.5 Å². The minimum absolute atomic E-state index is 0.0932. The Bertz CT molecular complexity index is 1430. The van der Waals surface area contributed by atoms with E-state index >= 15 is 0 Å². The van der Waals surface area contributed by atoms with Crippen LogP contribution in [0.1, 0.15) is 29.2 Å². The first kappa shape index (κ1) is 25.7. The fourth-order valence-corrected chi connectivity index (χ4v) is 4.21. The molecule has 3 aromatic heterocycles. The number of fused-ring (bicyclic) bond motifs is 1. The third kappa shape index (κ3) is 5.22. The fourth-order valence-electron chi connectivity index (χ4n) is 3.38. The summed E-state index contributed by atoms with van der Waals surface area (Å²) in [6, 6.07) is 5.46. The molecule has 4 rings (SSSR count). The SMILES string of the molecule is CONC(=O)c1ccn(-c2c(Cl)cc(NC(=O)Nc3cnc4cc(Cl)nn4c3[C@H](C)OC)cc2Cl)n1. The van der Waals surface area contributed by atoms with Crippen molar-refractivity contribution >= 4 is 63.8 Å². The van der Waals surface area contributed by atoms with Crippen LogP contribution in [0.5, 0.6) is 0 Å². The van der Waals surface area contributed by atoms with Gasteiger partial charge in [0.15, 0.2) is 16.5 Å². The summed E-state index contributed by atoms with van der Waals surface area (Å²) >= 11 is 18.9. The summed E-state index contributed by atoms with van der Waals surface area (Å²) in [7, 11) is 2.84. The van der Waals surface area contributed by atoms with Gasteiger partial charge in [0.05, 0.1) is 40.8 Å². The molecule has 0 bridgehead atoms. The predicted octanol–water partition coefficient (Wildman–Crippen LogP) is 4.52. The highest BCUT2D eigenvalue weighted by molar-refractivity contribution is 6.38. The second kappa shape index (κ2) is 10.7. The maximum absolute atomic E-state index is 12.8. The number of nitrogens with zero attached hydrogens (tertiary/aromatic N) is 5. The monoisotopic (exact) mass is 552 g/mol. The molecule has 0 radical (unpaired) electrons. The highest BCUT2D eigenvalue weighted by atomic mass is 35.5. The molecular formula is C21H19Cl3N8O4. The summed E-state index contributed by atoms with van der Waals surface area (Å²) in [4.78, 5) is 33.5. The van der Waals surface area contributed by atoms with Crippen molar-refractivity contribution in [3.05, 3.63) is 63.2 Å². The number of carbonyl (C=O) groups excluding carboxylic acids is 2.